The van der Waals surface area contributed by atoms with Crippen molar-refractivity contribution in [3.8, 4) is 0 Å². The van der Waals surface area contributed by atoms with Crippen LogP contribution in [0.5, 0.6) is 0 Å². The molecule has 110 valence electrons. The van der Waals surface area contributed by atoms with Gasteiger partial charge >= 0.3 is 0 Å². The standard InChI is InChI=1S/C16H29NO2/c1-4-18-14-10-13(16(14)7-5-8-16)17-12-6-9-19-15(2,3)11-12/h12-14,17H,4-11H2,1-3H3. The van der Waals surface area contributed by atoms with Gasteiger partial charge in [0.05, 0.1) is 11.7 Å². The number of ether oxygens (including phenoxy) is 2. The summed E-state index contributed by atoms with van der Waals surface area (Å²) in [5, 5.41) is 3.93. The third kappa shape index (κ3) is 2.45. The van der Waals surface area contributed by atoms with Gasteiger partial charge in [0.2, 0.25) is 0 Å². The molecule has 0 aromatic rings. The molecule has 3 rings (SSSR count). The number of hydrogen-bond acceptors (Lipinski definition) is 3. The molecular weight excluding hydrogens is 238 g/mol. The Morgan fingerprint density at radius 3 is 2.68 bits per heavy atom. The van der Waals surface area contributed by atoms with Crippen LogP contribution in [0.1, 0.15) is 59.3 Å². The molecule has 1 spiro atoms. The van der Waals surface area contributed by atoms with E-state index >= 15 is 0 Å². The fourth-order valence-electron chi connectivity index (χ4n) is 4.33. The Kier molecular flexibility index (Phi) is 3.65. The maximum absolute atomic E-state index is 5.93. The Morgan fingerprint density at radius 2 is 2.11 bits per heavy atom. The molecule has 3 heteroatoms. The zero-order chi connectivity index (χ0) is 13.5. The largest absolute Gasteiger partial charge is 0.378 e. The quantitative estimate of drug-likeness (QED) is 0.849. The molecule has 1 heterocycles. The van der Waals surface area contributed by atoms with Gasteiger partial charge in [0.15, 0.2) is 0 Å². The van der Waals surface area contributed by atoms with Crippen LogP contribution in [0.2, 0.25) is 0 Å². The smallest absolute Gasteiger partial charge is 0.0661 e. The fourth-order valence-corrected chi connectivity index (χ4v) is 4.33. The lowest BCUT2D eigenvalue weighted by atomic mass is 9.51. The maximum atomic E-state index is 5.93. The van der Waals surface area contributed by atoms with E-state index in [0.717, 1.165) is 26.1 Å². The summed E-state index contributed by atoms with van der Waals surface area (Å²) in [7, 11) is 0. The van der Waals surface area contributed by atoms with Crippen molar-refractivity contribution in [1.82, 2.24) is 5.32 Å². The van der Waals surface area contributed by atoms with Gasteiger partial charge in [0.1, 0.15) is 0 Å². The monoisotopic (exact) mass is 267 g/mol. The van der Waals surface area contributed by atoms with Gasteiger partial charge in [-0.15, -0.1) is 0 Å². The van der Waals surface area contributed by atoms with E-state index in [2.05, 4.69) is 26.1 Å². The van der Waals surface area contributed by atoms with E-state index in [-0.39, 0.29) is 5.60 Å². The molecule has 3 fully saturated rings. The van der Waals surface area contributed by atoms with Crippen LogP contribution in [0.4, 0.5) is 0 Å². The van der Waals surface area contributed by atoms with E-state index < -0.39 is 0 Å². The maximum Gasteiger partial charge on any atom is 0.0661 e. The Labute approximate surface area is 117 Å². The van der Waals surface area contributed by atoms with E-state index in [1.807, 2.05) is 0 Å². The van der Waals surface area contributed by atoms with Crippen molar-refractivity contribution in [1.29, 1.82) is 0 Å². The third-order valence-corrected chi connectivity index (χ3v) is 5.57. The highest BCUT2D eigenvalue weighted by molar-refractivity contribution is 5.12. The zero-order valence-corrected chi connectivity index (χ0v) is 12.7. The van der Waals surface area contributed by atoms with Crippen LogP contribution >= 0.6 is 0 Å². The van der Waals surface area contributed by atoms with Crippen LogP contribution in [0.3, 0.4) is 0 Å². The molecule has 3 unspecified atom stereocenters. The van der Waals surface area contributed by atoms with Gasteiger partial charge in [-0.3, -0.25) is 0 Å². The van der Waals surface area contributed by atoms with Crippen molar-refractivity contribution >= 4 is 0 Å². The molecule has 2 saturated carbocycles. The van der Waals surface area contributed by atoms with Gasteiger partial charge in [0.25, 0.3) is 0 Å². The van der Waals surface area contributed by atoms with Crippen LogP contribution in [-0.4, -0.2) is 37.0 Å². The molecule has 0 aromatic carbocycles. The average Bonchev–Trinajstić information content (AvgIpc) is 2.24. The van der Waals surface area contributed by atoms with E-state index in [0.29, 0.717) is 23.6 Å². The fraction of sp³-hybridized carbons (Fsp3) is 1.00. The topological polar surface area (TPSA) is 30.5 Å². The first-order chi connectivity index (χ1) is 9.06. The molecular formula is C16H29NO2. The summed E-state index contributed by atoms with van der Waals surface area (Å²) < 4.78 is 11.7. The van der Waals surface area contributed by atoms with Crippen molar-refractivity contribution in [2.24, 2.45) is 5.41 Å². The molecule has 3 atom stereocenters. The predicted molar refractivity (Wildman–Crippen MR) is 76.3 cm³/mol. The summed E-state index contributed by atoms with van der Waals surface area (Å²) in [6.45, 7) is 8.31. The van der Waals surface area contributed by atoms with Crippen molar-refractivity contribution < 1.29 is 9.47 Å². The molecule has 0 amide bonds. The lowest BCUT2D eigenvalue weighted by Crippen LogP contribution is -2.68. The van der Waals surface area contributed by atoms with Crippen molar-refractivity contribution in [2.45, 2.75) is 83.1 Å². The zero-order valence-electron chi connectivity index (χ0n) is 12.7. The lowest BCUT2D eigenvalue weighted by molar-refractivity contribution is -0.178. The van der Waals surface area contributed by atoms with Gasteiger partial charge in [-0.1, -0.05) is 6.42 Å². The third-order valence-electron chi connectivity index (χ3n) is 5.57. The van der Waals surface area contributed by atoms with Crippen LogP contribution in [0, 0.1) is 5.41 Å². The van der Waals surface area contributed by atoms with Gasteiger partial charge in [-0.05, 0) is 52.9 Å². The van der Waals surface area contributed by atoms with Gasteiger partial charge in [0, 0.05) is 30.7 Å². The summed E-state index contributed by atoms with van der Waals surface area (Å²) in [5.41, 5.74) is 0.532. The number of nitrogens with one attached hydrogen (secondary N) is 1. The van der Waals surface area contributed by atoms with Crippen LogP contribution < -0.4 is 5.32 Å². The molecule has 1 saturated heterocycles. The minimum Gasteiger partial charge on any atom is -0.378 e. The molecule has 0 bridgehead atoms. The Morgan fingerprint density at radius 1 is 1.32 bits per heavy atom. The summed E-state index contributed by atoms with van der Waals surface area (Å²) in [6.07, 6.45) is 8.15. The first-order valence-electron chi connectivity index (χ1n) is 8.07. The minimum atomic E-state index is 0.0474. The van der Waals surface area contributed by atoms with Gasteiger partial charge < -0.3 is 14.8 Å². The second kappa shape index (κ2) is 5.01. The lowest BCUT2D eigenvalue weighted by Gasteiger charge is -2.62. The van der Waals surface area contributed by atoms with Crippen molar-refractivity contribution in [2.75, 3.05) is 13.2 Å². The molecule has 0 radical (unpaired) electrons. The molecule has 3 aliphatic rings. The van der Waals surface area contributed by atoms with Crippen molar-refractivity contribution in [3.63, 3.8) is 0 Å². The summed E-state index contributed by atoms with van der Waals surface area (Å²) in [4.78, 5) is 0. The molecule has 19 heavy (non-hydrogen) atoms. The van der Waals surface area contributed by atoms with Crippen LogP contribution in [0.25, 0.3) is 0 Å². The highest BCUT2D eigenvalue weighted by Gasteiger charge is 2.59. The molecule has 0 aromatic heterocycles. The number of hydrogen-bond donors (Lipinski definition) is 1. The van der Waals surface area contributed by atoms with Crippen LogP contribution in [-0.2, 0) is 9.47 Å². The normalized spacial score (nSPS) is 39.6. The second-order valence-corrected chi connectivity index (χ2v) is 7.28. The SMILES string of the molecule is CCOC1CC(NC2CCOC(C)(C)C2)C12CCC2. The summed E-state index contributed by atoms with van der Waals surface area (Å²) in [5.74, 6) is 0. The average molecular weight is 267 g/mol. The first-order valence-corrected chi connectivity index (χ1v) is 8.07. The highest BCUT2D eigenvalue weighted by atomic mass is 16.5. The summed E-state index contributed by atoms with van der Waals surface area (Å²) >= 11 is 0. The van der Waals surface area contributed by atoms with Crippen molar-refractivity contribution in [3.05, 3.63) is 0 Å². The first kappa shape index (κ1) is 13.8. The molecule has 1 aliphatic heterocycles. The van der Waals surface area contributed by atoms with E-state index in [1.165, 1.54) is 25.7 Å². The molecule has 3 nitrogen and oxygen atoms in total. The van der Waals surface area contributed by atoms with Crippen LogP contribution in [0.15, 0.2) is 0 Å². The highest BCUT2D eigenvalue weighted by Crippen LogP contribution is 2.57. The molecule has 1 N–H and O–H groups in total. The Hall–Kier alpha value is -0.120. The predicted octanol–water partition coefficient (Wildman–Crippen LogP) is 2.88. The number of rotatable bonds is 4. The summed E-state index contributed by atoms with van der Waals surface area (Å²) in [6, 6.07) is 1.32. The second-order valence-electron chi connectivity index (χ2n) is 7.28. The van der Waals surface area contributed by atoms with E-state index in [4.69, 9.17) is 9.47 Å². The van der Waals surface area contributed by atoms with E-state index in [1.54, 1.807) is 0 Å². The van der Waals surface area contributed by atoms with Gasteiger partial charge in [-0.25, -0.2) is 0 Å². The minimum absolute atomic E-state index is 0.0474. The Balaban J connectivity index is 1.56. The Bertz CT molecular complexity index is 325. The van der Waals surface area contributed by atoms with Gasteiger partial charge in [-0.2, -0.15) is 0 Å². The molecule has 2 aliphatic carbocycles. The van der Waals surface area contributed by atoms with E-state index in [9.17, 15) is 0 Å².